The minimum atomic E-state index is -0.268. The van der Waals surface area contributed by atoms with E-state index in [-0.39, 0.29) is 5.82 Å². The fourth-order valence-corrected chi connectivity index (χ4v) is 2.47. The molecule has 0 saturated heterocycles. The van der Waals surface area contributed by atoms with Crippen LogP contribution in [0, 0.1) is 19.7 Å². The van der Waals surface area contributed by atoms with E-state index in [1.807, 2.05) is 24.3 Å². The Morgan fingerprint density at radius 3 is 2.42 bits per heavy atom. The average Bonchev–Trinajstić information content (AvgIpc) is 2.65. The molecule has 3 aromatic rings. The molecular weight excluding hydrogens is 327 g/mol. The number of benzene rings is 3. The molecule has 0 bridgehead atoms. The van der Waals surface area contributed by atoms with Crippen molar-refractivity contribution in [3.8, 4) is 5.75 Å². The number of nitrogens with zero attached hydrogens (tertiary/aromatic N) is 1. The second-order valence-electron chi connectivity index (χ2n) is 6.16. The van der Waals surface area contributed by atoms with Crippen LogP contribution in [0.2, 0.25) is 0 Å². The van der Waals surface area contributed by atoms with Gasteiger partial charge in [0.15, 0.2) is 0 Å². The van der Waals surface area contributed by atoms with E-state index >= 15 is 0 Å². The Bertz CT molecular complexity index is 887. The van der Waals surface area contributed by atoms with Gasteiger partial charge in [-0.1, -0.05) is 23.8 Å². The first-order valence-corrected chi connectivity index (χ1v) is 8.44. The summed E-state index contributed by atoms with van der Waals surface area (Å²) in [6.07, 6.45) is 1.71. The fourth-order valence-electron chi connectivity index (χ4n) is 2.47. The van der Waals surface area contributed by atoms with E-state index in [0.29, 0.717) is 6.61 Å². The molecular formula is C22H21FN2O. The Hall–Kier alpha value is -3.14. The van der Waals surface area contributed by atoms with Crippen LogP contribution in [0.15, 0.2) is 71.8 Å². The highest BCUT2D eigenvalue weighted by molar-refractivity contribution is 5.80. The summed E-state index contributed by atoms with van der Waals surface area (Å²) in [5.74, 6) is 0.547. The van der Waals surface area contributed by atoms with Gasteiger partial charge in [0.1, 0.15) is 18.2 Å². The number of hydrogen-bond acceptors (Lipinski definition) is 3. The molecule has 0 saturated carbocycles. The molecule has 4 heteroatoms. The normalized spacial score (nSPS) is 10.9. The Kier molecular flexibility index (Phi) is 5.64. The Morgan fingerprint density at radius 2 is 1.69 bits per heavy atom. The topological polar surface area (TPSA) is 33.6 Å². The summed E-state index contributed by atoms with van der Waals surface area (Å²) < 4.78 is 18.7. The maximum Gasteiger partial charge on any atom is 0.123 e. The zero-order valence-corrected chi connectivity index (χ0v) is 14.9. The van der Waals surface area contributed by atoms with E-state index < -0.39 is 0 Å². The van der Waals surface area contributed by atoms with Crippen molar-refractivity contribution in [3.63, 3.8) is 0 Å². The SMILES string of the molecule is Cc1ccc(C)c(COc2ccc(C=NNc3ccc(F)cc3)cc2)c1. The van der Waals surface area contributed by atoms with Gasteiger partial charge < -0.3 is 4.74 Å². The van der Waals surface area contributed by atoms with Crippen LogP contribution in [0.5, 0.6) is 5.75 Å². The molecule has 0 amide bonds. The van der Waals surface area contributed by atoms with Gasteiger partial charge in [-0.2, -0.15) is 5.10 Å². The lowest BCUT2D eigenvalue weighted by Gasteiger charge is -2.10. The lowest BCUT2D eigenvalue weighted by molar-refractivity contribution is 0.305. The van der Waals surface area contributed by atoms with Crippen molar-refractivity contribution < 1.29 is 9.13 Å². The Labute approximate surface area is 153 Å². The molecule has 0 radical (unpaired) electrons. The number of halogens is 1. The molecule has 0 aromatic heterocycles. The van der Waals surface area contributed by atoms with E-state index in [0.717, 1.165) is 17.0 Å². The van der Waals surface area contributed by atoms with Crippen LogP contribution in [0.25, 0.3) is 0 Å². The fraction of sp³-hybridized carbons (Fsp3) is 0.136. The van der Waals surface area contributed by atoms with Crippen LogP contribution in [0.4, 0.5) is 10.1 Å². The maximum atomic E-state index is 12.8. The third-order valence-electron chi connectivity index (χ3n) is 4.03. The summed E-state index contributed by atoms with van der Waals surface area (Å²) in [4.78, 5) is 0. The monoisotopic (exact) mass is 348 g/mol. The van der Waals surface area contributed by atoms with Crippen LogP contribution < -0.4 is 10.2 Å². The molecule has 3 nitrogen and oxygen atoms in total. The van der Waals surface area contributed by atoms with Crippen LogP contribution >= 0.6 is 0 Å². The average molecular weight is 348 g/mol. The molecule has 132 valence electrons. The van der Waals surface area contributed by atoms with E-state index in [2.05, 4.69) is 42.6 Å². The number of hydrogen-bond donors (Lipinski definition) is 1. The highest BCUT2D eigenvalue weighted by Gasteiger charge is 2.01. The zero-order valence-electron chi connectivity index (χ0n) is 14.9. The molecule has 0 fully saturated rings. The van der Waals surface area contributed by atoms with Crippen molar-refractivity contribution >= 4 is 11.9 Å². The summed E-state index contributed by atoms with van der Waals surface area (Å²) in [7, 11) is 0. The lowest BCUT2D eigenvalue weighted by Crippen LogP contribution is -1.98. The van der Waals surface area contributed by atoms with Gasteiger partial charge in [0.25, 0.3) is 0 Å². The quantitative estimate of drug-likeness (QED) is 0.473. The molecule has 0 aliphatic rings. The number of anilines is 1. The van der Waals surface area contributed by atoms with Crippen molar-refractivity contribution in [1.82, 2.24) is 0 Å². The van der Waals surface area contributed by atoms with Crippen molar-refractivity contribution in [2.45, 2.75) is 20.5 Å². The standard InChI is InChI=1S/C22H21FN2O/c1-16-3-4-17(2)19(13-16)15-26-22-11-5-18(6-12-22)14-24-25-21-9-7-20(23)8-10-21/h3-14,25H,15H2,1-2H3. The summed E-state index contributed by atoms with van der Waals surface area (Å²) in [6, 6.07) is 20.1. The molecule has 0 aliphatic carbocycles. The summed E-state index contributed by atoms with van der Waals surface area (Å²) in [6.45, 7) is 4.72. The van der Waals surface area contributed by atoms with Crippen LogP contribution in [0.3, 0.4) is 0 Å². The molecule has 3 aromatic carbocycles. The second kappa shape index (κ2) is 8.30. The zero-order chi connectivity index (χ0) is 18.4. The number of rotatable bonds is 6. The van der Waals surface area contributed by atoms with Gasteiger partial charge in [0.2, 0.25) is 0 Å². The Morgan fingerprint density at radius 1 is 0.962 bits per heavy atom. The van der Waals surface area contributed by atoms with E-state index in [1.54, 1.807) is 18.3 Å². The number of hydrazone groups is 1. The molecule has 0 unspecified atom stereocenters. The van der Waals surface area contributed by atoms with Crippen LogP contribution in [-0.4, -0.2) is 6.21 Å². The van der Waals surface area contributed by atoms with E-state index in [9.17, 15) is 4.39 Å². The van der Waals surface area contributed by atoms with Gasteiger partial charge in [-0.05, 0) is 79.1 Å². The third kappa shape index (κ3) is 4.93. The summed E-state index contributed by atoms with van der Waals surface area (Å²) >= 11 is 0. The van der Waals surface area contributed by atoms with Crippen molar-refractivity contribution in [2.24, 2.45) is 5.10 Å². The number of nitrogens with one attached hydrogen (secondary N) is 1. The van der Waals surface area contributed by atoms with Gasteiger partial charge in [-0.25, -0.2) is 4.39 Å². The first-order chi connectivity index (χ1) is 12.6. The van der Waals surface area contributed by atoms with Gasteiger partial charge in [0.05, 0.1) is 11.9 Å². The van der Waals surface area contributed by atoms with E-state index in [1.165, 1.54) is 28.8 Å². The molecule has 3 rings (SSSR count). The molecule has 26 heavy (non-hydrogen) atoms. The number of ether oxygens (including phenoxy) is 1. The first kappa shape index (κ1) is 17.7. The summed E-state index contributed by atoms with van der Waals surface area (Å²) in [5, 5.41) is 4.15. The number of aryl methyl sites for hydroxylation is 2. The molecule has 0 spiro atoms. The van der Waals surface area contributed by atoms with E-state index in [4.69, 9.17) is 4.74 Å². The molecule has 0 atom stereocenters. The smallest absolute Gasteiger partial charge is 0.123 e. The largest absolute Gasteiger partial charge is 0.489 e. The van der Waals surface area contributed by atoms with Crippen LogP contribution in [-0.2, 0) is 6.61 Å². The third-order valence-corrected chi connectivity index (χ3v) is 4.03. The molecule has 0 heterocycles. The van der Waals surface area contributed by atoms with Gasteiger partial charge in [0, 0.05) is 0 Å². The van der Waals surface area contributed by atoms with Gasteiger partial charge in [-0.3, -0.25) is 5.43 Å². The minimum absolute atomic E-state index is 0.268. The summed E-state index contributed by atoms with van der Waals surface area (Å²) in [5.41, 5.74) is 8.19. The van der Waals surface area contributed by atoms with Gasteiger partial charge >= 0.3 is 0 Å². The van der Waals surface area contributed by atoms with Crippen molar-refractivity contribution in [3.05, 3.63) is 94.8 Å². The van der Waals surface area contributed by atoms with Crippen molar-refractivity contribution in [2.75, 3.05) is 5.43 Å². The maximum absolute atomic E-state index is 12.8. The second-order valence-corrected chi connectivity index (χ2v) is 6.16. The highest BCUT2D eigenvalue weighted by atomic mass is 19.1. The van der Waals surface area contributed by atoms with Gasteiger partial charge in [-0.15, -0.1) is 0 Å². The van der Waals surface area contributed by atoms with Crippen LogP contribution in [0.1, 0.15) is 22.3 Å². The predicted octanol–water partition coefficient (Wildman–Crippen LogP) is 5.47. The van der Waals surface area contributed by atoms with Crippen molar-refractivity contribution in [1.29, 1.82) is 0 Å². The lowest BCUT2D eigenvalue weighted by atomic mass is 10.1. The Balaban J connectivity index is 1.55. The molecule has 1 N–H and O–H groups in total. The highest BCUT2D eigenvalue weighted by Crippen LogP contribution is 2.16. The molecule has 0 aliphatic heterocycles. The first-order valence-electron chi connectivity index (χ1n) is 8.44. The predicted molar refractivity (Wildman–Crippen MR) is 104 cm³/mol. The minimum Gasteiger partial charge on any atom is -0.489 e.